The Morgan fingerprint density at radius 1 is 0.975 bits per heavy atom. The summed E-state index contributed by atoms with van der Waals surface area (Å²) < 4.78 is 31.9. The number of aryl methyl sites for hydroxylation is 1. The number of carbonyl (C=O) groups excluding carboxylic acids is 1. The third kappa shape index (κ3) is 6.07. The molecule has 0 spiro atoms. The molecule has 5 rings (SSSR count). The lowest BCUT2D eigenvalue weighted by Crippen LogP contribution is -2.44. The Kier molecular flexibility index (Phi) is 7.69. The Bertz CT molecular complexity index is 1550. The molecule has 1 aliphatic heterocycles. The molecule has 0 atom stereocenters. The highest BCUT2D eigenvalue weighted by Gasteiger charge is 2.19. The molecule has 4 aromatic rings. The maximum absolute atomic E-state index is 15.4. The van der Waals surface area contributed by atoms with E-state index in [1.54, 1.807) is 42.5 Å². The number of benzene rings is 2. The molecule has 3 heterocycles. The van der Waals surface area contributed by atoms with E-state index in [2.05, 4.69) is 42.5 Å². The number of hydrogen-bond donors (Lipinski definition) is 3. The minimum atomic E-state index is -0.570. The standard InChI is InChI=1S/C28H29F2N9O/c1-4-26(40)33-19-6-7-22(29)24(14-19)35-27-21(16-31-28(36-27)34-20-15-32-38(3)17-20)18-5-8-25(23(30)13-18)39-11-9-37(2)10-12-39/h4-8,13-17H,1,9-12H2,2-3H3,(H,33,40)(H2,31,34,35,36). The Labute approximate surface area is 230 Å². The Morgan fingerprint density at radius 3 is 2.48 bits per heavy atom. The van der Waals surface area contributed by atoms with Crippen molar-refractivity contribution in [3.8, 4) is 11.1 Å². The summed E-state index contributed by atoms with van der Waals surface area (Å²) in [6.07, 6.45) is 6.03. The summed E-state index contributed by atoms with van der Waals surface area (Å²) in [5, 5.41) is 12.8. The van der Waals surface area contributed by atoms with Gasteiger partial charge in [-0.05, 0) is 49.0 Å². The quantitative estimate of drug-likeness (QED) is 0.278. The van der Waals surface area contributed by atoms with Crippen molar-refractivity contribution in [1.29, 1.82) is 0 Å². The molecule has 10 nitrogen and oxygen atoms in total. The minimum absolute atomic E-state index is 0.0590. The van der Waals surface area contributed by atoms with Crippen molar-refractivity contribution >= 4 is 40.4 Å². The summed E-state index contributed by atoms with van der Waals surface area (Å²) in [4.78, 5) is 25.0. The largest absolute Gasteiger partial charge is 0.367 e. The molecular formula is C28H29F2N9O. The predicted molar refractivity (Wildman–Crippen MR) is 152 cm³/mol. The molecule has 1 saturated heterocycles. The van der Waals surface area contributed by atoms with Crippen LogP contribution in [0.25, 0.3) is 11.1 Å². The average molecular weight is 546 g/mol. The van der Waals surface area contributed by atoms with Crippen LogP contribution in [0.1, 0.15) is 0 Å². The molecule has 0 radical (unpaired) electrons. The number of anilines is 6. The average Bonchev–Trinajstić information content (AvgIpc) is 3.35. The zero-order chi connectivity index (χ0) is 28.2. The van der Waals surface area contributed by atoms with E-state index in [-0.39, 0.29) is 23.3 Å². The molecule has 0 unspecified atom stereocenters. The monoisotopic (exact) mass is 545 g/mol. The summed E-state index contributed by atoms with van der Waals surface area (Å²) in [7, 11) is 3.83. The number of nitrogens with one attached hydrogen (secondary N) is 3. The third-order valence-electron chi connectivity index (χ3n) is 6.52. The number of carbonyl (C=O) groups is 1. The van der Waals surface area contributed by atoms with Crippen LogP contribution in [0.5, 0.6) is 0 Å². The van der Waals surface area contributed by atoms with Crippen LogP contribution >= 0.6 is 0 Å². The van der Waals surface area contributed by atoms with E-state index in [1.165, 1.54) is 24.3 Å². The van der Waals surface area contributed by atoms with E-state index < -0.39 is 11.7 Å². The molecule has 1 fully saturated rings. The highest BCUT2D eigenvalue weighted by atomic mass is 19.1. The first-order chi connectivity index (χ1) is 19.3. The molecule has 1 amide bonds. The SMILES string of the molecule is C=CC(=O)Nc1ccc(F)c(Nc2nc(Nc3cnn(C)c3)ncc2-c2ccc(N3CCN(C)CC3)c(F)c2)c1. The molecule has 12 heteroatoms. The maximum Gasteiger partial charge on any atom is 0.247 e. The third-order valence-corrected chi connectivity index (χ3v) is 6.52. The van der Waals surface area contributed by atoms with Crippen molar-refractivity contribution in [2.24, 2.45) is 7.05 Å². The van der Waals surface area contributed by atoms with Crippen LogP contribution in [0.3, 0.4) is 0 Å². The highest BCUT2D eigenvalue weighted by Crippen LogP contribution is 2.34. The topological polar surface area (TPSA) is 103 Å². The van der Waals surface area contributed by atoms with Crippen molar-refractivity contribution in [3.05, 3.63) is 79.3 Å². The van der Waals surface area contributed by atoms with Crippen LogP contribution in [0, 0.1) is 11.6 Å². The summed E-state index contributed by atoms with van der Waals surface area (Å²) in [5.41, 5.74) is 2.58. The number of rotatable bonds is 8. The number of likely N-dealkylation sites (N-methyl/N-ethyl adjacent to an activating group) is 1. The van der Waals surface area contributed by atoms with E-state index in [0.717, 1.165) is 32.3 Å². The zero-order valence-electron chi connectivity index (χ0n) is 22.2. The minimum Gasteiger partial charge on any atom is -0.367 e. The molecule has 2 aromatic heterocycles. The molecular weight excluding hydrogens is 516 g/mol. The van der Waals surface area contributed by atoms with Crippen LogP contribution in [-0.4, -0.2) is 63.8 Å². The molecule has 0 aliphatic carbocycles. The Morgan fingerprint density at radius 2 is 1.77 bits per heavy atom. The van der Waals surface area contributed by atoms with Crippen LogP contribution in [0.2, 0.25) is 0 Å². The number of aromatic nitrogens is 4. The normalized spacial score (nSPS) is 13.7. The van der Waals surface area contributed by atoms with Crippen molar-refractivity contribution in [3.63, 3.8) is 0 Å². The lowest BCUT2D eigenvalue weighted by molar-refractivity contribution is -0.111. The van der Waals surface area contributed by atoms with Gasteiger partial charge in [-0.15, -0.1) is 0 Å². The van der Waals surface area contributed by atoms with Crippen molar-refractivity contribution < 1.29 is 13.6 Å². The van der Waals surface area contributed by atoms with Gasteiger partial charge in [-0.3, -0.25) is 9.48 Å². The van der Waals surface area contributed by atoms with Crippen molar-refractivity contribution in [2.45, 2.75) is 0 Å². The predicted octanol–water partition coefficient (Wildman–Crippen LogP) is 4.52. The molecule has 0 saturated carbocycles. The summed E-state index contributed by atoms with van der Waals surface area (Å²) >= 11 is 0. The van der Waals surface area contributed by atoms with Crippen molar-refractivity contribution in [2.75, 3.05) is 54.1 Å². The zero-order valence-corrected chi connectivity index (χ0v) is 22.2. The van der Waals surface area contributed by atoms with Crippen LogP contribution in [0.15, 0.2) is 67.6 Å². The lowest BCUT2D eigenvalue weighted by Gasteiger charge is -2.34. The van der Waals surface area contributed by atoms with Gasteiger partial charge < -0.3 is 25.8 Å². The number of amides is 1. The number of hydrogen-bond acceptors (Lipinski definition) is 8. The number of nitrogens with zero attached hydrogens (tertiary/aromatic N) is 6. The second-order valence-corrected chi connectivity index (χ2v) is 9.45. The highest BCUT2D eigenvalue weighted by molar-refractivity contribution is 5.99. The first-order valence-corrected chi connectivity index (χ1v) is 12.6. The van der Waals surface area contributed by atoms with Crippen LogP contribution < -0.4 is 20.9 Å². The van der Waals surface area contributed by atoms with Crippen LogP contribution in [0.4, 0.5) is 43.3 Å². The second kappa shape index (κ2) is 11.5. The smallest absolute Gasteiger partial charge is 0.247 e. The van der Waals surface area contributed by atoms with Gasteiger partial charge in [0.1, 0.15) is 17.5 Å². The molecule has 206 valence electrons. The molecule has 40 heavy (non-hydrogen) atoms. The fourth-order valence-electron chi connectivity index (χ4n) is 4.36. The van der Waals surface area contributed by atoms with Gasteiger partial charge in [-0.1, -0.05) is 12.6 Å². The summed E-state index contributed by atoms with van der Waals surface area (Å²) in [6, 6.07) is 9.07. The molecule has 1 aliphatic rings. The Hall–Kier alpha value is -4.84. The van der Waals surface area contributed by atoms with Crippen molar-refractivity contribution in [1.82, 2.24) is 24.6 Å². The fourth-order valence-corrected chi connectivity index (χ4v) is 4.36. The van der Waals surface area contributed by atoms with Gasteiger partial charge in [0.2, 0.25) is 11.9 Å². The second-order valence-electron chi connectivity index (χ2n) is 9.45. The van der Waals surface area contributed by atoms with Gasteiger partial charge in [0.05, 0.1) is 23.3 Å². The molecule has 0 bridgehead atoms. The van der Waals surface area contributed by atoms with E-state index in [4.69, 9.17) is 0 Å². The number of halogens is 2. The van der Waals surface area contributed by atoms with Gasteiger partial charge in [-0.2, -0.15) is 10.1 Å². The molecule has 3 N–H and O–H groups in total. The van der Waals surface area contributed by atoms with Gasteiger partial charge in [-0.25, -0.2) is 13.8 Å². The van der Waals surface area contributed by atoms with E-state index in [9.17, 15) is 9.18 Å². The van der Waals surface area contributed by atoms with Crippen LogP contribution in [-0.2, 0) is 11.8 Å². The summed E-state index contributed by atoms with van der Waals surface area (Å²) in [5.74, 6) is -0.908. The first kappa shape index (κ1) is 26.8. The van der Waals surface area contributed by atoms with E-state index in [0.29, 0.717) is 28.2 Å². The van der Waals surface area contributed by atoms with Gasteiger partial charge in [0, 0.05) is 56.9 Å². The van der Waals surface area contributed by atoms with E-state index in [1.807, 2.05) is 11.9 Å². The molecule has 2 aromatic carbocycles. The van der Waals surface area contributed by atoms with Gasteiger partial charge >= 0.3 is 0 Å². The van der Waals surface area contributed by atoms with E-state index >= 15 is 4.39 Å². The van der Waals surface area contributed by atoms with Gasteiger partial charge in [0.15, 0.2) is 0 Å². The number of piperazine rings is 1. The van der Waals surface area contributed by atoms with Gasteiger partial charge in [0.25, 0.3) is 0 Å². The first-order valence-electron chi connectivity index (χ1n) is 12.6. The lowest BCUT2D eigenvalue weighted by atomic mass is 10.1. The fraction of sp³-hybridized carbons (Fsp3) is 0.214. The Balaban J connectivity index is 1.50. The summed E-state index contributed by atoms with van der Waals surface area (Å²) in [6.45, 7) is 6.60. The maximum atomic E-state index is 15.4.